The third-order valence-corrected chi connectivity index (χ3v) is 4.03. The number of nitro benzene ring substituents is 1. The van der Waals surface area contributed by atoms with Gasteiger partial charge in [-0.2, -0.15) is 0 Å². The summed E-state index contributed by atoms with van der Waals surface area (Å²) in [6, 6.07) is 4.42. The fourth-order valence-corrected chi connectivity index (χ4v) is 2.64. The standard InChI is InChI=1S/C15H22N4O3/c1-3-17(4-2)9-10-18-8-7-16-15(20)13-6-5-12(19(21)22)11-14(13)18/h5-6,11H,3-4,7-10H2,1-2H3,(H,16,20). The van der Waals surface area contributed by atoms with Gasteiger partial charge in [0.2, 0.25) is 0 Å². The fraction of sp³-hybridized carbons (Fsp3) is 0.533. The molecule has 0 saturated carbocycles. The molecule has 0 aromatic heterocycles. The number of amides is 1. The highest BCUT2D eigenvalue weighted by Crippen LogP contribution is 2.27. The van der Waals surface area contributed by atoms with E-state index in [1.54, 1.807) is 6.07 Å². The second-order valence-electron chi connectivity index (χ2n) is 5.23. The number of nitrogens with one attached hydrogen (secondary N) is 1. The highest BCUT2D eigenvalue weighted by atomic mass is 16.6. The normalized spacial score (nSPS) is 14.5. The topological polar surface area (TPSA) is 78.7 Å². The quantitative estimate of drug-likeness (QED) is 0.636. The SMILES string of the molecule is CCN(CC)CCN1CCNC(=O)c2ccc([N+](=O)[O-])cc21. The highest BCUT2D eigenvalue weighted by Gasteiger charge is 2.23. The van der Waals surface area contributed by atoms with Gasteiger partial charge in [-0.15, -0.1) is 0 Å². The third kappa shape index (κ3) is 3.54. The van der Waals surface area contributed by atoms with Gasteiger partial charge >= 0.3 is 0 Å². The first kappa shape index (κ1) is 16.2. The van der Waals surface area contributed by atoms with E-state index in [4.69, 9.17) is 0 Å². The minimum atomic E-state index is -0.425. The number of rotatable bonds is 6. The van der Waals surface area contributed by atoms with E-state index in [0.717, 1.165) is 26.2 Å². The van der Waals surface area contributed by atoms with Gasteiger partial charge in [-0.3, -0.25) is 14.9 Å². The molecule has 1 aliphatic rings. The molecular weight excluding hydrogens is 284 g/mol. The molecule has 1 N–H and O–H groups in total. The van der Waals surface area contributed by atoms with Gasteiger partial charge in [0.05, 0.1) is 16.2 Å². The van der Waals surface area contributed by atoms with Crippen molar-refractivity contribution < 1.29 is 9.72 Å². The van der Waals surface area contributed by atoms with Gasteiger partial charge in [-0.1, -0.05) is 13.8 Å². The van der Waals surface area contributed by atoms with Crippen LogP contribution in [0, 0.1) is 10.1 Å². The van der Waals surface area contributed by atoms with E-state index in [0.29, 0.717) is 24.3 Å². The van der Waals surface area contributed by atoms with Crippen molar-refractivity contribution in [1.82, 2.24) is 10.2 Å². The van der Waals surface area contributed by atoms with Crippen LogP contribution in [0.5, 0.6) is 0 Å². The summed E-state index contributed by atoms with van der Waals surface area (Å²) in [5, 5.41) is 13.8. The first-order valence-corrected chi connectivity index (χ1v) is 7.60. The Kier molecular flexibility index (Phi) is 5.32. The largest absolute Gasteiger partial charge is 0.368 e. The lowest BCUT2D eigenvalue weighted by Crippen LogP contribution is -2.37. The van der Waals surface area contributed by atoms with E-state index in [9.17, 15) is 14.9 Å². The van der Waals surface area contributed by atoms with Gasteiger partial charge in [0, 0.05) is 38.3 Å². The van der Waals surface area contributed by atoms with Gasteiger partial charge in [0.15, 0.2) is 0 Å². The summed E-state index contributed by atoms with van der Waals surface area (Å²) in [5.74, 6) is -0.171. The van der Waals surface area contributed by atoms with Crippen LogP contribution in [-0.4, -0.2) is 55.0 Å². The molecule has 0 spiro atoms. The highest BCUT2D eigenvalue weighted by molar-refractivity contribution is 6.00. The van der Waals surface area contributed by atoms with E-state index in [1.165, 1.54) is 12.1 Å². The van der Waals surface area contributed by atoms with Crippen LogP contribution >= 0.6 is 0 Å². The molecule has 0 fully saturated rings. The summed E-state index contributed by atoms with van der Waals surface area (Å²) in [4.78, 5) is 27.0. The van der Waals surface area contributed by atoms with Crippen molar-refractivity contribution in [2.75, 3.05) is 44.2 Å². The number of benzene rings is 1. The molecule has 0 aliphatic carbocycles. The van der Waals surface area contributed by atoms with Crippen LogP contribution in [-0.2, 0) is 0 Å². The summed E-state index contributed by atoms with van der Waals surface area (Å²) in [7, 11) is 0. The zero-order valence-corrected chi connectivity index (χ0v) is 13.0. The molecule has 0 bridgehead atoms. The Bertz CT molecular complexity index is 558. The molecule has 0 atom stereocenters. The molecule has 0 saturated heterocycles. The first-order valence-electron chi connectivity index (χ1n) is 7.60. The smallest absolute Gasteiger partial charge is 0.271 e. The minimum absolute atomic E-state index is 0.0151. The molecule has 7 heteroatoms. The van der Waals surface area contributed by atoms with Crippen molar-refractivity contribution in [2.24, 2.45) is 0 Å². The molecule has 0 radical (unpaired) electrons. The maximum absolute atomic E-state index is 12.1. The van der Waals surface area contributed by atoms with E-state index in [-0.39, 0.29) is 11.6 Å². The molecule has 1 aromatic carbocycles. The zero-order valence-electron chi connectivity index (χ0n) is 13.0. The number of carbonyl (C=O) groups excluding carboxylic acids is 1. The van der Waals surface area contributed by atoms with Gasteiger partial charge in [-0.05, 0) is 19.2 Å². The van der Waals surface area contributed by atoms with Crippen molar-refractivity contribution >= 4 is 17.3 Å². The summed E-state index contributed by atoms with van der Waals surface area (Å²) in [6.45, 7) is 8.94. The maximum Gasteiger partial charge on any atom is 0.271 e. The Hall–Kier alpha value is -2.15. The maximum atomic E-state index is 12.1. The monoisotopic (exact) mass is 306 g/mol. The molecule has 7 nitrogen and oxygen atoms in total. The molecule has 1 amide bonds. The Morgan fingerprint density at radius 3 is 2.73 bits per heavy atom. The number of nitrogens with zero attached hydrogens (tertiary/aromatic N) is 3. The number of non-ortho nitro benzene ring substituents is 1. The Morgan fingerprint density at radius 1 is 1.36 bits per heavy atom. The van der Waals surface area contributed by atoms with Crippen LogP contribution in [0.4, 0.5) is 11.4 Å². The number of hydrogen-bond donors (Lipinski definition) is 1. The van der Waals surface area contributed by atoms with E-state index >= 15 is 0 Å². The van der Waals surface area contributed by atoms with Crippen LogP contribution in [0.2, 0.25) is 0 Å². The lowest BCUT2D eigenvalue weighted by atomic mass is 10.1. The predicted molar refractivity (Wildman–Crippen MR) is 85.4 cm³/mol. The molecular formula is C15H22N4O3. The number of anilines is 1. The Labute approximate surface area is 130 Å². The molecule has 1 aliphatic heterocycles. The average Bonchev–Trinajstić information content (AvgIpc) is 2.67. The van der Waals surface area contributed by atoms with Crippen molar-refractivity contribution in [1.29, 1.82) is 0 Å². The molecule has 120 valence electrons. The lowest BCUT2D eigenvalue weighted by molar-refractivity contribution is -0.384. The van der Waals surface area contributed by atoms with Crippen LogP contribution < -0.4 is 10.2 Å². The fourth-order valence-electron chi connectivity index (χ4n) is 2.64. The van der Waals surface area contributed by atoms with Crippen molar-refractivity contribution in [3.8, 4) is 0 Å². The van der Waals surface area contributed by atoms with Crippen molar-refractivity contribution in [3.63, 3.8) is 0 Å². The Balaban J connectivity index is 2.28. The van der Waals surface area contributed by atoms with E-state index < -0.39 is 4.92 Å². The van der Waals surface area contributed by atoms with Crippen LogP contribution in [0.1, 0.15) is 24.2 Å². The second-order valence-corrected chi connectivity index (χ2v) is 5.23. The van der Waals surface area contributed by atoms with E-state index in [2.05, 4.69) is 29.0 Å². The average molecular weight is 306 g/mol. The van der Waals surface area contributed by atoms with Crippen LogP contribution in [0.3, 0.4) is 0 Å². The summed E-state index contributed by atoms with van der Waals surface area (Å²) < 4.78 is 0. The van der Waals surface area contributed by atoms with Crippen molar-refractivity contribution in [2.45, 2.75) is 13.8 Å². The molecule has 0 unspecified atom stereocenters. The number of hydrogen-bond acceptors (Lipinski definition) is 5. The van der Waals surface area contributed by atoms with Gasteiger partial charge in [-0.25, -0.2) is 0 Å². The van der Waals surface area contributed by atoms with Crippen molar-refractivity contribution in [3.05, 3.63) is 33.9 Å². The number of carbonyl (C=O) groups is 1. The van der Waals surface area contributed by atoms with Gasteiger partial charge < -0.3 is 15.1 Å². The molecule has 2 rings (SSSR count). The summed E-state index contributed by atoms with van der Waals surface area (Å²) in [6.07, 6.45) is 0. The third-order valence-electron chi connectivity index (χ3n) is 4.03. The van der Waals surface area contributed by atoms with Gasteiger partial charge in [0.1, 0.15) is 0 Å². The first-order chi connectivity index (χ1) is 10.6. The van der Waals surface area contributed by atoms with Crippen LogP contribution in [0.25, 0.3) is 0 Å². The lowest BCUT2D eigenvalue weighted by Gasteiger charge is -2.27. The summed E-state index contributed by atoms with van der Waals surface area (Å²) >= 11 is 0. The van der Waals surface area contributed by atoms with Crippen LogP contribution in [0.15, 0.2) is 18.2 Å². The zero-order chi connectivity index (χ0) is 16.1. The minimum Gasteiger partial charge on any atom is -0.368 e. The molecule has 1 aromatic rings. The Morgan fingerprint density at radius 2 is 2.09 bits per heavy atom. The number of nitro groups is 1. The number of fused-ring (bicyclic) bond motifs is 1. The summed E-state index contributed by atoms with van der Waals surface area (Å²) in [5.41, 5.74) is 1.17. The van der Waals surface area contributed by atoms with E-state index in [1.807, 2.05) is 0 Å². The second kappa shape index (κ2) is 7.22. The molecule has 22 heavy (non-hydrogen) atoms. The predicted octanol–water partition coefficient (Wildman–Crippen LogP) is 1.49. The molecule has 1 heterocycles. The van der Waals surface area contributed by atoms with Gasteiger partial charge in [0.25, 0.3) is 11.6 Å². The number of likely N-dealkylation sites (N-methyl/N-ethyl adjacent to an activating group) is 1.